The van der Waals surface area contributed by atoms with Crippen molar-refractivity contribution < 1.29 is 4.79 Å². The van der Waals surface area contributed by atoms with Gasteiger partial charge in [0, 0.05) is 42.3 Å². The van der Waals surface area contributed by atoms with Crippen molar-refractivity contribution in [3.8, 4) is 0 Å². The van der Waals surface area contributed by atoms with Crippen molar-refractivity contribution in [3.05, 3.63) is 107 Å². The molecule has 0 atom stereocenters. The maximum absolute atomic E-state index is 12.7. The molecule has 0 bridgehead atoms. The molecular weight excluding hydrogens is 382 g/mol. The molecule has 31 heavy (non-hydrogen) atoms. The first-order chi connectivity index (χ1) is 15.3. The molecule has 1 aromatic heterocycles. The Kier molecular flexibility index (Phi) is 7.14. The van der Waals surface area contributed by atoms with Crippen LogP contribution in [0.25, 0.3) is 10.9 Å². The van der Waals surface area contributed by atoms with Gasteiger partial charge in [-0.3, -0.25) is 4.79 Å². The second kappa shape index (κ2) is 10.6. The molecule has 0 saturated carbocycles. The number of aryl methyl sites for hydroxylation is 1. The van der Waals surface area contributed by atoms with E-state index in [0.717, 1.165) is 42.5 Å². The van der Waals surface area contributed by atoms with E-state index in [-0.39, 0.29) is 5.91 Å². The van der Waals surface area contributed by atoms with Crippen molar-refractivity contribution >= 4 is 16.8 Å². The summed E-state index contributed by atoms with van der Waals surface area (Å²) in [5, 5.41) is 7.80. The summed E-state index contributed by atoms with van der Waals surface area (Å²) in [6, 6.07) is 26.6. The third-order valence-corrected chi connectivity index (χ3v) is 5.59. The molecule has 1 heterocycles. The Morgan fingerprint density at radius 2 is 1.52 bits per heavy atom. The van der Waals surface area contributed by atoms with Crippen molar-refractivity contribution in [1.82, 2.24) is 15.6 Å². The molecule has 0 aliphatic heterocycles. The number of para-hydroxylation sites is 1. The number of rotatable bonds is 10. The minimum Gasteiger partial charge on any atom is -0.361 e. The largest absolute Gasteiger partial charge is 0.361 e. The molecule has 3 N–H and O–H groups in total. The van der Waals surface area contributed by atoms with Crippen LogP contribution in [-0.4, -0.2) is 17.4 Å². The number of amides is 1. The molecule has 0 spiro atoms. The molecule has 158 valence electrons. The van der Waals surface area contributed by atoms with Gasteiger partial charge in [0.05, 0.1) is 0 Å². The Morgan fingerprint density at radius 3 is 2.42 bits per heavy atom. The van der Waals surface area contributed by atoms with Gasteiger partial charge in [0.1, 0.15) is 0 Å². The molecule has 0 saturated heterocycles. The van der Waals surface area contributed by atoms with E-state index >= 15 is 0 Å². The van der Waals surface area contributed by atoms with E-state index in [9.17, 15) is 4.79 Å². The van der Waals surface area contributed by atoms with Gasteiger partial charge in [-0.25, -0.2) is 0 Å². The normalized spacial score (nSPS) is 11.0. The van der Waals surface area contributed by atoms with Crippen LogP contribution in [0.5, 0.6) is 0 Å². The van der Waals surface area contributed by atoms with E-state index in [2.05, 4.69) is 58.1 Å². The standard InChI is InChI=1S/C27H29N3O/c31-27(29-17-9-8-12-21-10-2-1-3-11-21)25-15-5-4-13-22(25)18-28-19-23-20-30-26-16-7-6-14-24(23)26/h1-7,10-11,13-16,20,28,30H,8-9,12,17-19H2,(H,29,31). The summed E-state index contributed by atoms with van der Waals surface area (Å²) in [6.45, 7) is 2.10. The summed E-state index contributed by atoms with van der Waals surface area (Å²) in [5.41, 5.74) is 5.49. The Labute approximate surface area is 183 Å². The van der Waals surface area contributed by atoms with E-state index < -0.39 is 0 Å². The van der Waals surface area contributed by atoms with Crippen LogP contribution in [0, 0.1) is 0 Å². The molecule has 0 fully saturated rings. The third kappa shape index (κ3) is 5.62. The first-order valence-electron chi connectivity index (χ1n) is 11.0. The number of fused-ring (bicyclic) bond motifs is 1. The fraction of sp³-hybridized carbons (Fsp3) is 0.222. The summed E-state index contributed by atoms with van der Waals surface area (Å²) in [6.07, 6.45) is 5.14. The van der Waals surface area contributed by atoms with Gasteiger partial charge < -0.3 is 15.6 Å². The van der Waals surface area contributed by atoms with Crippen molar-refractivity contribution in [2.45, 2.75) is 32.4 Å². The number of nitrogens with one attached hydrogen (secondary N) is 3. The van der Waals surface area contributed by atoms with E-state index in [1.165, 1.54) is 16.5 Å². The van der Waals surface area contributed by atoms with Crippen LogP contribution >= 0.6 is 0 Å². The summed E-state index contributed by atoms with van der Waals surface area (Å²) in [5.74, 6) is 0.00389. The highest BCUT2D eigenvalue weighted by Crippen LogP contribution is 2.17. The molecule has 0 aliphatic rings. The minimum absolute atomic E-state index is 0.00389. The first kappa shape index (κ1) is 20.9. The molecule has 4 rings (SSSR count). The number of hydrogen-bond donors (Lipinski definition) is 3. The van der Waals surface area contributed by atoms with E-state index in [4.69, 9.17) is 0 Å². The number of aromatic nitrogens is 1. The zero-order chi connectivity index (χ0) is 21.3. The second-order valence-electron chi connectivity index (χ2n) is 7.82. The highest BCUT2D eigenvalue weighted by Gasteiger charge is 2.10. The number of carbonyl (C=O) groups excluding carboxylic acids is 1. The van der Waals surface area contributed by atoms with Crippen LogP contribution in [0.3, 0.4) is 0 Å². The summed E-state index contributed by atoms with van der Waals surface area (Å²) >= 11 is 0. The number of unbranched alkanes of at least 4 members (excludes halogenated alkanes) is 1. The fourth-order valence-corrected chi connectivity index (χ4v) is 3.90. The number of benzene rings is 3. The van der Waals surface area contributed by atoms with E-state index in [1.807, 2.05) is 42.6 Å². The number of hydrogen-bond acceptors (Lipinski definition) is 2. The van der Waals surface area contributed by atoms with Crippen molar-refractivity contribution in [2.24, 2.45) is 0 Å². The van der Waals surface area contributed by atoms with Crippen LogP contribution in [0.15, 0.2) is 85.1 Å². The molecule has 1 amide bonds. The van der Waals surface area contributed by atoms with E-state index in [0.29, 0.717) is 13.1 Å². The Bertz CT molecular complexity index is 1120. The smallest absolute Gasteiger partial charge is 0.251 e. The lowest BCUT2D eigenvalue weighted by atomic mass is 10.1. The maximum Gasteiger partial charge on any atom is 0.251 e. The molecule has 3 aromatic carbocycles. The monoisotopic (exact) mass is 411 g/mol. The molecule has 0 radical (unpaired) electrons. The van der Waals surface area contributed by atoms with Gasteiger partial charge in [0.2, 0.25) is 0 Å². The summed E-state index contributed by atoms with van der Waals surface area (Å²) in [7, 11) is 0. The van der Waals surface area contributed by atoms with Crippen molar-refractivity contribution in [3.63, 3.8) is 0 Å². The third-order valence-electron chi connectivity index (χ3n) is 5.59. The summed E-state index contributed by atoms with van der Waals surface area (Å²) < 4.78 is 0. The Morgan fingerprint density at radius 1 is 0.774 bits per heavy atom. The predicted molar refractivity (Wildman–Crippen MR) is 127 cm³/mol. The molecule has 0 aliphatic carbocycles. The van der Waals surface area contributed by atoms with Gasteiger partial charge in [0.25, 0.3) is 5.91 Å². The van der Waals surface area contributed by atoms with Crippen LogP contribution in [0.4, 0.5) is 0 Å². The molecule has 0 unspecified atom stereocenters. The van der Waals surface area contributed by atoms with Gasteiger partial charge in [-0.15, -0.1) is 0 Å². The van der Waals surface area contributed by atoms with Gasteiger partial charge >= 0.3 is 0 Å². The van der Waals surface area contributed by atoms with Gasteiger partial charge in [-0.05, 0) is 48.1 Å². The minimum atomic E-state index is 0.00389. The van der Waals surface area contributed by atoms with Gasteiger partial charge in [-0.1, -0.05) is 66.7 Å². The molecule has 4 heteroatoms. The Hall–Kier alpha value is -3.37. The molecule has 4 aromatic rings. The second-order valence-corrected chi connectivity index (χ2v) is 7.82. The van der Waals surface area contributed by atoms with Crippen LogP contribution in [0.1, 0.15) is 39.9 Å². The summed E-state index contributed by atoms with van der Waals surface area (Å²) in [4.78, 5) is 16.0. The van der Waals surface area contributed by atoms with E-state index in [1.54, 1.807) is 0 Å². The number of aromatic amines is 1. The van der Waals surface area contributed by atoms with Gasteiger partial charge in [-0.2, -0.15) is 0 Å². The lowest BCUT2D eigenvalue weighted by molar-refractivity contribution is 0.0952. The highest BCUT2D eigenvalue weighted by molar-refractivity contribution is 5.95. The Balaban J connectivity index is 1.26. The fourth-order valence-electron chi connectivity index (χ4n) is 3.90. The molecular formula is C27H29N3O. The average molecular weight is 412 g/mol. The maximum atomic E-state index is 12.7. The predicted octanol–water partition coefficient (Wildman–Crippen LogP) is 5.21. The topological polar surface area (TPSA) is 56.9 Å². The van der Waals surface area contributed by atoms with Crippen molar-refractivity contribution in [1.29, 1.82) is 0 Å². The zero-order valence-electron chi connectivity index (χ0n) is 17.7. The number of H-pyrrole nitrogens is 1. The van der Waals surface area contributed by atoms with Crippen LogP contribution in [-0.2, 0) is 19.5 Å². The quantitative estimate of drug-likeness (QED) is 0.314. The SMILES string of the molecule is O=C(NCCCCc1ccccc1)c1ccccc1CNCc1c[nH]c2ccccc12. The average Bonchev–Trinajstić information content (AvgIpc) is 3.23. The zero-order valence-corrected chi connectivity index (χ0v) is 17.7. The van der Waals surface area contributed by atoms with Gasteiger partial charge in [0.15, 0.2) is 0 Å². The first-order valence-corrected chi connectivity index (χ1v) is 11.0. The van der Waals surface area contributed by atoms with Crippen molar-refractivity contribution in [2.75, 3.05) is 6.54 Å². The van der Waals surface area contributed by atoms with Crippen LogP contribution in [0.2, 0.25) is 0 Å². The highest BCUT2D eigenvalue weighted by atomic mass is 16.1. The lowest BCUT2D eigenvalue weighted by Crippen LogP contribution is -2.26. The number of carbonyl (C=O) groups is 1. The molecule has 4 nitrogen and oxygen atoms in total. The van der Waals surface area contributed by atoms with Crippen LogP contribution < -0.4 is 10.6 Å². The lowest BCUT2D eigenvalue weighted by Gasteiger charge is -2.11.